The fraction of sp³-hybridized carbons (Fsp3) is 0.312. The van der Waals surface area contributed by atoms with E-state index in [0.717, 1.165) is 42.7 Å². The Bertz CT molecular complexity index is 1330. The predicted octanol–water partition coefficient (Wildman–Crippen LogP) is 4.72. The molecular weight excluding hydrogens is 492 g/mol. The van der Waals surface area contributed by atoms with E-state index in [4.69, 9.17) is 9.47 Å². The Kier molecular flexibility index (Phi) is 8.39. The zero-order valence-corrected chi connectivity index (χ0v) is 22.2. The van der Waals surface area contributed by atoms with Crippen molar-refractivity contribution in [2.75, 3.05) is 39.4 Å². The quantitative estimate of drug-likeness (QED) is 0.247. The van der Waals surface area contributed by atoms with Gasteiger partial charge in [-0.15, -0.1) is 0 Å². The van der Waals surface area contributed by atoms with Gasteiger partial charge < -0.3 is 19.5 Å². The van der Waals surface area contributed by atoms with Crippen LogP contribution in [0.25, 0.3) is 5.76 Å². The Hall–Kier alpha value is -3.94. The summed E-state index contributed by atoms with van der Waals surface area (Å²) in [5.41, 5.74) is 3.24. The number of amides is 1. The highest BCUT2D eigenvalue weighted by atomic mass is 16.5. The maximum Gasteiger partial charge on any atom is 0.295 e. The van der Waals surface area contributed by atoms with E-state index in [1.165, 1.54) is 0 Å². The molecule has 0 radical (unpaired) electrons. The molecule has 0 bridgehead atoms. The van der Waals surface area contributed by atoms with Crippen molar-refractivity contribution in [2.45, 2.75) is 26.0 Å². The Morgan fingerprint density at radius 3 is 2.33 bits per heavy atom. The molecule has 202 valence electrons. The topological polar surface area (TPSA) is 79.3 Å². The van der Waals surface area contributed by atoms with Gasteiger partial charge in [0.2, 0.25) is 0 Å². The van der Waals surface area contributed by atoms with E-state index in [1.807, 2.05) is 73.7 Å². The molecule has 2 heterocycles. The summed E-state index contributed by atoms with van der Waals surface area (Å²) in [5, 5.41) is 11.5. The lowest BCUT2D eigenvalue weighted by molar-refractivity contribution is -0.140. The number of aliphatic hydroxyl groups is 1. The Labute approximate surface area is 229 Å². The second-order valence-electron chi connectivity index (χ2n) is 9.96. The molecule has 39 heavy (non-hydrogen) atoms. The number of nitrogens with zero attached hydrogens (tertiary/aromatic N) is 2. The molecule has 7 heteroatoms. The smallest absolute Gasteiger partial charge is 0.295 e. The summed E-state index contributed by atoms with van der Waals surface area (Å²) in [4.78, 5) is 30.5. The first-order valence-electron chi connectivity index (χ1n) is 13.4. The fourth-order valence-electron chi connectivity index (χ4n) is 5.26. The number of morpholine rings is 1. The van der Waals surface area contributed by atoms with Gasteiger partial charge in [0.25, 0.3) is 11.7 Å². The summed E-state index contributed by atoms with van der Waals surface area (Å²) in [7, 11) is 0. The third-order valence-corrected chi connectivity index (χ3v) is 7.33. The zero-order chi connectivity index (χ0) is 27.2. The van der Waals surface area contributed by atoms with Crippen LogP contribution in [0, 0.1) is 6.92 Å². The van der Waals surface area contributed by atoms with Crippen molar-refractivity contribution in [3.05, 3.63) is 107 Å². The first-order chi connectivity index (χ1) is 19.0. The summed E-state index contributed by atoms with van der Waals surface area (Å²) < 4.78 is 11.4. The molecule has 5 rings (SSSR count). The molecule has 3 aromatic rings. The van der Waals surface area contributed by atoms with Gasteiger partial charge in [0.05, 0.1) is 24.8 Å². The second kappa shape index (κ2) is 12.3. The molecule has 2 fully saturated rings. The number of benzene rings is 3. The van der Waals surface area contributed by atoms with E-state index in [2.05, 4.69) is 4.90 Å². The minimum absolute atomic E-state index is 0.124. The minimum atomic E-state index is -0.656. The van der Waals surface area contributed by atoms with Crippen molar-refractivity contribution in [3.8, 4) is 5.75 Å². The monoisotopic (exact) mass is 526 g/mol. The molecule has 1 N–H and O–H groups in total. The number of aryl methyl sites for hydroxylation is 1. The molecule has 3 aromatic carbocycles. The molecule has 2 saturated heterocycles. The van der Waals surface area contributed by atoms with E-state index >= 15 is 0 Å². The van der Waals surface area contributed by atoms with Crippen LogP contribution in [0.4, 0.5) is 0 Å². The summed E-state index contributed by atoms with van der Waals surface area (Å²) in [5.74, 6) is -0.731. The van der Waals surface area contributed by atoms with Crippen LogP contribution in [-0.4, -0.2) is 66.0 Å². The fourth-order valence-corrected chi connectivity index (χ4v) is 5.26. The number of carbonyl (C=O) groups excluding carboxylic acids is 2. The van der Waals surface area contributed by atoms with Crippen LogP contribution in [0.1, 0.15) is 34.7 Å². The van der Waals surface area contributed by atoms with Crippen molar-refractivity contribution < 1.29 is 24.2 Å². The van der Waals surface area contributed by atoms with Gasteiger partial charge >= 0.3 is 0 Å². The number of ether oxygens (including phenoxy) is 2. The van der Waals surface area contributed by atoms with Gasteiger partial charge in [0, 0.05) is 31.7 Å². The van der Waals surface area contributed by atoms with Gasteiger partial charge in [-0.05, 0) is 48.2 Å². The molecule has 2 aliphatic heterocycles. The Morgan fingerprint density at radius 2 is 1.64 bits per heavy atom. The lowest BCUT2D eigenvalue weighted by Gasteiger charge is -2.29. The number of carbonyl (C=O) groups is 2. The van der Waals surface area contributed by atoms with Crippen LogP contribution < -0.4 is 4.74 Å². The summed E-state index contributed by atoms with van der Waals surface area (Å²) >= 11 is 0. The highest BCUT2D eigenvalue weighted by molar-refractivity contribution is 6.46. The third kappa shape index (κ3) is 6.05. The summed E-state index contributed by atoms with van der Waals surface area (Å²) in [6.07, 6.45) is 0.725. The van der Waals surface area contributed by atoms with E-state index in [1.54, 1.807) is 17.0 Å². The highest BCUT2D eigenvalue weighted by Crippen LogP contribution is 2.40. The molecule has 0 aliphatic carbocycles. The normalized spacial score (nSPS) is 19.4. The molecule has 0 aromatic heterocycles. The number of rotatable bonds is 9. The van der Waals surface area contributed by atoms with Gasteiger partial charge in [-0.3, -0.25) is 14.5 Å². The average molecular weight is 527 g/mol. The van der Waals surface area contributed by atoms with Crippen LogP contribution in [0.5, 0.6) is 5.75 Å². The zero-order valence-electron chi connectivity index (χ0n) is 22.2. The predicted molar refractivity (Wildman–Crippen MR) is 149 cm³/mol. The largest absolute Gasteiger partial charge is 0.507 e. The van der Waals surface area contributed by atoms with Crippen LogP contribution >= 0.6 is 0 Å². The van der Waals surface area contributed by atoms with E-state index in [9.17, 15) is 14.7 Å². The molecule has 0 spiro atoms. The average Bonchev–Trinajstić information content (AvgIpc) is 3.22. The van der Waals surface area contributed by atoms with Crippen molar-refractivity contribution >= 4 is 17.4 Å². The second-order valence-corrected chi connectivity index (χ2v) is 9.96. The molecule has 1 atom stereocenters. The van der Waals surface area contributed by atoms with E-state index in [-0.39, 0.29) is 11.3 Å². The molecule has 1 amide bonds. The lowest BCUT2D eigenvalue weighted by atomic mass is 9.94. The number of ketones is 1. The van der Waals surface area contributed by atoms with Crippen molar-refractivity contribution in [1.82, 2.24) is 9.80 Å². The molecule has 0 saturated carbocycles. The number of hydrogen-bond donors (Lipinski definition) is 1. The Morgan fingerprint density at radius 1 is 0.949 bits per heavy atom. The first kappa shape index (κ1) is 26.7. The molecule has 2 aliphatic rings. The van der Waals surface area contributed by atoms with Crippen LogP contribution in [0.2, 0.25) is 0 Å². The van der Waals surface area contributed by atoms with Gasteiger partial charge in [-0.2, -0.15) is 0 Å². The van der Waals surface area contributed by atoms with Gasteiger partial charge in [0.1, 0.15) is 18.1 Å². The van der Waals surface area contributed by atoms with Crippen LogP contribution in [-0.2, 0) is 20.9 Å². The molecular formula is C32H34N2O5. The highest BCUT2D eigenvalue weighted by Gasteiger charge is 2.45. The van der Waals surface area contributed by atoms with Crippen molar-refractivity contribution in [2.24, 2.45) is 0 Å². The first-order valence-corrected chi connectivity index (χ1v) is 13.4. The molecule has 7 nitrogen and oxygen atoms in total. The van der Waals surface area contributed by atoms with Crippen LogP contribution in [0.3, 0.4) is 0 Å². The number of hydrogen-bond acceptors (Lipinski definition) is 6. The third-order valence-electron chi connectivity index (χ3n) is 7.33. The SMILES string of the molecule is Cc1cc(OCc2ccccc2)ccc1/C(O)=C1\C(=O)C(=O)N(CCCN2CCOCC2)C1c1ccccc1. The van der Waals surface area contributed by atoms with E-state index < -0.39 is 17.7 Å². The minimum Gasteiger partial charge on any atom is -0.507 e. The van der Waals surface area contributed by atoms with Crippen molar-refractivity contribution in [1.29, 1.82) is 0 Å². The van der Waals surface area contributed by atoms with Gasteiger partial charge in [-0.25, -0.2) is 0 Å². The summed E-state index contributed by atoms with van der Waals surface area (Å²) in [6.45, 7) is 6.68. The van der Waals surface area contributed by atoms with E-state index in [0.29, 0.717) is 37.7 Å². The van der Waals surface area contributed by atoms with Crippen LogP contribution in [0.15, 0.2) is 84.4 Å². The van der Waals surface area contributed by atoms with Crippen molar-refractivity contribution in [3.63, 3.8) is 0 Å². The molecule has 1 unspecified atom stereocenters. The van der Waals surface area contributed by atoms with Gasteiger partial charge in [0.15, 0.2) is 0 Å². The maximum atomic E-state index is 13.4. The lowest BCUT2D eigenvalue weighted by Crippen LogP contribution is -2.38. The maximum absolute atomic E-state index is 13.4. The number of likely N-dealkylation sites (tertiary alicyclic amines) is 1. The Balaban J connectivity index is 1.40. The van der Waals surface area contributed by atoms with Gasteiger partial charge in [-0.1, -0.05) is 60.7 Å². The number of Topliss-reactive ketones (excluding diaryl/α,β-unsaturated/α-hetero) is 1. The number of aliphatic hydroxyl groups excluding tert-OH is 1. The standard InChI is InChI=1S/C32H34N2O5/c1-23-21-26(39-22-24-9-4-2-5-10-24)13-14-27(23)30(35)28-29(25-11-6-3-7-12-25)34(32(37)31(28)36)16-8-15-33-17-19-38-20-18-33/h2-7,9-14,21,29,35H,8,15-20,22H2,1H3/b30-28+. The summed E-state index contributed by atoms with van der Waals surface area (Å²) in [6, 6.07) is 24.1.